The van der Waals surface area contributed by atoms with Crippen molar-refractivity contribution in [3.8, 4) is 11.1 Å². The molecule has 0 bridgehead atoms. The van der Waals surface area contributed by atoms with Crippen LogP contribution in [0.4, 0.5) is 0 Å². The molecule has 4 aromatic rings. The predicted octanol–water partition coefficient (Wildman–Crippen LogP) is 8.66. The SMILES string of the molecule is C=Cc1c(C=C)c(C)c2cc3c(cc2c1C)-c1ccccc1S31Cc2ccccc2C1. The first-order chi connectivity index (χ1) is 15.1. The van der Waals surface area contributed by atoms with E-state index in [0.717, 1.165) is 11.5 Å². The van der Waals surface area contributed by atoms with Gasteiger partial charge in [0.25, 0.3) is 0 Å². The summed E-state index contributed by atoms with van der Waals surface area (Å²) in [5.41, 5.74) is 11.0. The average molecular weight is 419 g/mol. The van der Waals surface area contributed by atoms with Gasteiger partial charge in [0.15, 0.2) is 0 Å². The van der Waals surface area contributed by atoms with Crippen molar-refractivity contribution in [3.05, 3.63) is 107 Å². The lowest BCUT2D eigenvalue weighted by Crippen LogP contribution is -1.99. The summed E-state index contributed by atoms with van der Waals surface area (Å²) in [5.74, 6) is 2.32. The Balaban J connectivity index is 1.72. The fourth-order valence-electron chi connectivity index (χ4n) is 5.83. The van der Waals surface area contributed by atoms with Gasteiger partial charge in [0.05, 0.1) is 0 Å². The summed E-state index contributed by atoms with van der Waals surface area (Å²) < 4.78 is 0. The van der Waals surface area contributed by atoms with Crippen LogP contribution in [0.2, 0.25) is 0 Å². The molecule has 0 saturated carbocycles. The zero-order valence-corrected chi connectivity index (χ0v) is 19.0. The van der Waals surface area contributed by atoms with Crippen molar-refractivity contribution in [2.24, 2.45) is 0 Å². The molecule has 0 radical (unpaired) electrons. The van der Waals surface area contributed by atoms with Crippen molar-refractivity contribution < 1.29 is 0 Å². The highest BCUT2D eigenvalue weighted by atomic mass is 32.3. The highest BCUT2D eigenvalue weighted by Gasteiger charge is 2.43. The lowest BCUT2D eigenvalue weighted by molar-refractivity contribution is 1.35. The average Bonchev–Trinajstić information content (AvgIpc) is 3.31. The molecule has 2 aliphatic heterocycles. The molecular formula is C30H26S. The first-order valence-electron chi connectivity index (χ1n) is 10.9. The van der Waals surface area contributed by atoms with E-state index in [9.17, 15) is 0 Å². The van der Waals surface area contributed by atoms with Crippen molar-refractivity contribution in [1.82, 2.24) is 0 Å². The monoisotopic (exact) mass is 418 g/mol. The summed E-state index contributed by atoms with van der Waals surface area (Å²) in [5, 5.41) is 2.71. The van der Waals surface area contributed by atoms with Crippen LogP contribution in [0.15, 0.2) is 83.6 Å². The third-order valence-electron chi connectivity index (χ3n) is 7.38. The van der Waals surface area contributed by atoms with Crippen LogP contribution in [0.3, 0.4) is 0 Å². The van der Waals surface area contributed by atoms with E-state index in [1.54, 1.807) is 9.79 Å². The van der Waals surface area contributed by atoms with Crippen LogP contribution in [0.5, 0.6) is 0 Å². The third-order valence-corrected chi connectivity index (χ3v) is 11.4. The molecule has 152 valence electrons. The van der Waals surface area contributed by atoms with Gasteiger partial charge in [0, 0.05) is 21.3 Å². The van der Waals surface area contributed by atoms with Crippen molar-refractivity contribution in [1.29, 1.82) is 0 Å². The largest absolute Gasteiger partial charge is 0.178 e. The van der Waals surface area contributed by atoms with Gasteiger partial charge in [0.1, 0.15) is 0 Å². The Labute approximate surface area is 186 Å². The minimum atomic E-state index is -1.11. The van der Waals surface area contributed by atoms with Gasteiger partial charge in [-0.05, 0) is 87.3 Å². The van der Waals surface area contributed by atoms with Crippen LogP contribution < -0.4 is 0 Å². The fraction of sp³-hybridized carbons (Fsp3) is 0.133. The maximum absolute atomic E-state index is 4.11. The van der Waals surface area contributed by atoms with E-state index in [1.165, 1.54) is 55.3 Å². The highest BCUT2D eigenvalue weighted by molar-refractivity contribution is 8.33. The summed E-state index contributed by atoms with van der Waals surface area (Å²) in [6, 6.07) is 23.2. The van der Waals surface area contributed by atoms with Crippen LogP contribution in [-0.4, -0.2) is 0 Å². The summed E-state index contributed by atoms with van der Waals surface area (Å²) in [4.78, 5) is 3.14. The molecular weight excluding hydrogens is 392 g/mol. The molecule has 0 fully saturated rings. The lowest BCUT2D eigenvalue weighted by atomic mass is 9.88. The van der Waals surface area contributed by atoms with Crippen molar-refractivity contribution in [3.63, 3.8) is 0 Å². The van der Waals surface area contributed by atoms with Gasteiger partial charge >= 0.3 is 0 Å². The van der Waals surface area contributed by atoms with Crippen LogP contribution in [-0.2, 0) is 11.5 Å². The molecule has 1 spiro atoms. The Morgan fingerprint density at radius 2 is 1.23 bits per heavy atom. The zero-order valence-electron chi connectivity index (χ0n) is 18.2. The summed E-state index contributed by atoms with van der Waals surface area (Å²) in [7, 11) is -1.11. The van der Waals surface area contributed by atoms with Crippen LogP contribution >= 0.6 is 10.0 Å². The van der Waals surface area contributed by atoms with E-state index in [4.69, 9.17) is 0 Å². The number of fused-ring (bicyclic) bond motifs is 7. The standard InChI is InChI=1S/C30H26S/c1-5-23-19(3)26-15-28-25-13-9-10-14-29(25)31(17-21-11-7-8-12-22(21)18-31)30(28)16-27(26)20(4)24(23)6-2/h5-16H,1-2,17-18H2,3-4H3. The van der Waals surface area contributed by atoms with E-state index in [-0.39, 0.29) is 0 Å². The van der Waals surface area contributed by atoms with Gasteiger partial charge in [-0.25, -0.2) is 0 Å². The number of rotatable bonds is 2. The van der Waals surface area contributed by atoms with E-state index in [2.05, 4.69) is 87.7 Å². The highest BCUT2D eigenvalue weighted by Crippen LogP contribution is 2.77. The third kappa shape index (κ3) is 2.33. The number of hydrogen-bond acceptors (Lipinski definition) is 0. The number of hydrogen-bond donors (Lipinski definition) is 0. The van der Waals surface area contributed by atoms with Gasteiger partial charge in [-0.3, -0.25) is 0 Å². The van der Waals surface area contributed by atoms with Gasteiger partial charge < -0.3 is 0 Å². The fourth-order valence-corrected chi connectivity index (χ4v) is 10.3. The maximum atomic E-state index is 4.11. The van der Waals surface area contributed by atoms with Crippen LogP contribution in [0.1, 0.15) is 33.4 Å². The topological polar surface area (TPSA) is 0 Å². The normalized spacial score (nSPS) is 16.1. The molecule has 0 atom stereocenters. The second kappa shape index (κ2) is 6.48. The molecule has 1 heteroatoms. The Morgan fingerprint density at radius 1 is 0.677 bits per heavy atom. The smallest absolute Gasteiger partial charge is 0.0110 e. The van der Waals surface area contributed by atoms with Gasteiger partial charge in [0.2, 0.25) is 0 Å². The van der Waals surface area contributed by atoms with E-state index in [0.29, 0.717) is 0 Å². The summed E-state index contributed by atoms with van der Waals surface area (Å²) in [6.07, 6.45) is 3.98. The number of benzene rings is 4. The van der Waals surface area contributed by atoms with Gasteiger partial charge in [-0.1, -0.05) is 67.8 Å². The van der Waals surface area contributed by atoms with E-state index < -0.39 is 10.0 Å². The van der Waals surface area contributed by atoms with E-state index in [1.807, 2.05) is 12.2 Å². The number of aryl methyl sites for hydroxylation is 2. The minimum Gasteiger partial charge on any atom is -0.178 e. The first-order valence-corrected chi connectivity index (χ1v) is 12.9. The molecule has 0 aromatic heterocycles. The second-order valence-corrected chi connectivity index (χ2v) is 12.0. The Hall–Kier alpha value is -3.03. The molecule has 2 heterocycles. The second-order valence-electron chi connectivity index (χ2n) is 8.82. The molecule has 0 aliphatic carbocycles. The van der Waals surface area contributed by atoms with Gasteiger partial charge in [-0.2, -0.15) is 10.0 Å². The van der Waals surface area contributed by atoms with E-state index >= 15 is 0 Å². The van der Waals surface area contributed by atoms with Crippen molar-refractivity contribution in [2.45, 2.75) is 35.1 Å². The quantitative estimate of drug-likeness (QED) is 0.305. The predicted molar refractivity (Wildman–Crippen MR) is 137 cm³/mol. The van der Waals surface area contributed by atoms with Crippen molar-refractivity contribution >= 4 is 33.0 Å². The molecule has 0 saturated heterocycles. The Morgan fingerprint density at radius 3 is 1.84 bits per heavy atom. The van der Waals surface area contributed by atoms with Gasteiger partial charge in [-0.15, -0.1) is 0 Å². The minimum absolute atomic E-state index is 1.11. The molecule has 4 aromatic carbocycles. The maximum Gasteiger partial charge on any atom is 0.0110 e. The molecule has 31 heavy (non-hydrogen) atoms. The molecule has 0 N–H and O–H groups in total. The lowest BCUT2D eigenvalue weighted by Gasteiger charge is -2.33. The first kappa shape index (κ1) is 18.7. The van der Waals surface area contributed by atoms with Crippen LogP contribution in [0, 0.1) is 13.8 Å². The van der Waals surface area contributed by atoms with Crippen molar-refractivity contribution in [2.75, 3.05) is 0 Å². The molecule has 0 unspecified atom stereocenters. The Bertz CT molecular complexity index is 1410. The molecule has 2 aliphatic rings. The summed E-state index contributed by atoms with van der Waals surface area (Å²) >= 11 is 0. The zero-order chi connectivity index (χ0) is 21.3. The molecule has 0 nitrogen and oxygen atoms in total. The van der Waals surface area contributed by atoms with Crippen LogP contribution in [0.25, 0.3) is 34.1 Å². The molecule has 0 amide bonds. The molecule has 6 rings (SSSR count). The summed E-state index contributed by atoms with van der Waals surface area (Å²) in [6.45, 7) is 12.7. The Kier molecular flexibility index (Phi) is 3.91.